The summed E-state index contributed by atoms with van der Waals surface area (Å²) in [5, 5.41) is 3.20. The molecule has 4 aromatic rings. The summed E-state index contributed by atoms with van der Waals surface area (Å²) in [7, 11) is 0. The number of halogens is 1. The number of nitrogens with zero attached hydrogens (tertiary/aromatic N) is 3. The smallest absolute Gasteiger partial charge is 0.138 e. The van der Waals surface area contributed by atoms with Gasteiger partial charge in [0.2, 0.25) is 0 Å². The van der Waals surface area contributed by atoms with Crippen LogP contribution in [-0.4, -0.2) is 45.6 Å². The van der Waals surface area contributed by atoms with Crippen LogP contribution in [0.15, 0.2) is 55.0 Å². The first-order valence-corrected chi connectivity index (χ1v) is 12.8. The van der Waals surface area contributed by atoms with Crippen LogP contribution in [0.4, 0.5) is 0 Å². The standard InChI is InChI=1S/C28H30ClN4O/c29-21-7-11-23(12-8-21)34-18-19-3-2-14-33(17-19)22-9-5-20(6-10-22)25-15-31-28-27(25)24-4-1-13-30-26(24)16-32-28/h1,4,7-9,11-13,15-16,19-20,22H,2-3,5-6,10,14,17-18H2,(H,31,32). The molecule has 3 aromatic heterocycles. The molecular weight excluding hydrogens is 444 g/mol. The summed E-state index contributed by atoms with van der Waals surface area (Å²) in [5.41, 5.74) is 3.33. The van der Waals surface area contributed by atoms with E-state index in [2.05, 4.69) is 38.5 Å². The summed E-state index contributed by atoms with van der Waals surface area (Å²) in [6.45, 7) is 3.08. The Morgan fingerprint density at radius 1 is 1.09 bits per heavy atom. The Morgan fingerprint density at radius 3 is 2.85 bits per heavy atom. The zero-order valence-corrected chi connectivity index (χ0v) is 20.0. The van der Waals surface area contributed by atoms with Gasteiger partial charge < -0.3 is 9.72 Å². The molecule has 1 saturated carbocycles. The number of H-pyrrole nitrogens is 1. The molecule has 1 aromatic carbocycles. The highest BCUT2D eigenvalue weighted by Crippen LogP contribution is 2.39. The molecule has 6 rings (SSSR count). The summed E-state index contributed by atoms with van der Waals surface area (Å²) < 4.78 is 6.07. The number of hydrogen-bond donors (Lipinski definition) is 1. The molecule has 175 valence electrons. The number of rotatable bonds is 5. The third-order valence-electron chi connectivity index (χ3n) is 7.58. The number of pyridine rings is 2. The second-order valence-electron chi connectivity index (χ2n) is 9.74. The first kappa shape index (κ1) is 21.9. The third kappa shape index (κ3) is 4.39. The fourth-order valence-electron chi connectivity index (χ4n) is 5.81. The van der Waals surface area contributed by atoms with E-state index < -0.39 is 0 Å². The predicted octanol–water partition coefficient (Wildman–Crippen LogP) is 6.40. The zero-order chi connectivity index (χ0) is 22.9. The topological polar surface area (TPSA) is 54.0 Å². The van der Waals surface area contributed by atoms with Gasteiger partial charge in [0.25, 0.3) is 0 Å². The highest BCUT2D eigenvalue weighted by atomic mass is 35.5. The molecule has 3 atom stereocenters. The van der Waals surface area contributed by atoms with Crippen LogP contribution in [-0.2, 0) is 0 Å². The van der Waals surface area contributed by atoms with Crippen molar-refractivity contribution in [1.82, 2.24) is 19.9 Å². The van der Waals surface area contributed by atoms with Crippen LogP contribution in [0.3, 0.4) is 0 Å². The normalized spacial score (nSPS) is 24.0. The van der Waals surface area contributed by atoms with Crippen molar-refractivity contribution < 1.29 is 4.74 Å². The van der Waals surface area contributed by atoms with E-state index in [0.717, 1.165) is 41.5 Å². The summed E-state index contributed by atoms with van der Waals surface area (Å²) in [6.07, 6.45) is 14.4. The van der Waals surface area contributed by atoms with Crippen molar-refractivity contribution in [3.8, 4) is 5.75 Å². The molecule has 1 aliphatic carbocycles. The van der Waals surface area contributed by atoms with Crippen molar-refractivity contribution >= 4 is 33.5 Å². The maximum atomic E-state index is 6.07. The number of aromatic nitrogens is 3. The van der Waals surface area contributed by atoms with Gasteiger partial charge in [-0.15, -0.1) is 0 Å². The van der Waals surface area contributed by atoms with E-state index in [-0.39, 0.29) is 0 Å². The molecule has 4 heterocycles. The Bertz CT molecular complexity index is 1260. The third-order valence-corrected chi connectivity index (χ3v) is 7.83. The molecule has 1 aliphatic heterocycles. The van der Waals surface area contributed by atoms with Crippen LogP contribution in [0.5, 0.6) is 5.75 Å². The Kier molecular flexibility index (Phi) is 6.15. The molecule has 6 heteroatoms. The molecule has 1 N–H and O–H groups in total. The molecule has 0 spiro atoms. The molecule has 0 bridgehead atoms. The number of aromatic amines is 1. The molecule has 0 amide bonds. The minimum absolute atomic E-state index is 0.534. The lowest BCUT2D eigenvalue weighted by Gasteiger charge is -2.41. The lowest BCUT2D eigenvalue weighted by Crippen LogP contribution is -2.45. The van der Waals surface area contributed by atoms with E-state index in [1.165, 1.54) is 48.6 Å². The van der Waals surface area contributed by atoms with Gasteiger partial charge in [-0.05, 0) is 86.9 Å². The summed E-state index contributed by atoms with van der Waals surface area (Å²) in [5.74, 6) is 2.02. The number of likely N-dealkylation sites (tertiary alicyclic amines) is 1. The van der Waals surface area contributed by atoms with Crippen LogP contribution in [0.25, 0.3) is 21.9 Å². The van der Waals surface area contributed by atoms with E-state index in [1.54, 1.807) is 0 Å². The van der Waals surface area contributed by atoms with Crippen molar-refractivity contribution in [3.63, 3.8) is 0 Å². The maximum Gasteiger partial charge on any atom is 0.138 e. The highest BCUT2D eigenvalue weighted by Gasteiger charge is 2.31. The quantitative estimate of drug-likeness (QED) is 0.364. The van der Waals surface area contributed by atoms with E-state index in [9.17, 15) is 0 Å². The first-order chi connectivity index (χ1) is 16.7. The second-order valence-corrected chi connectivity index (χ2v) is 10.2. The van der Waals surface area contributed by atoms with Crippen molar-refractivity contribution in [2.24, 2.45) is 5.92 Å². The zero-order valence-electron chi connectivity index (χ0n) is 19.3. The largest absolute Gasteiger partial charge is 0.493 e. The lowest BCUT2D eigenvalue weighted by molar-refractivity contribution is 0.0933. The molecule has 2 aliphatic rings. The molecule has 3 unspecified atom stereocenters. The second kappa shape index (κ2) is 9.55. The van der Waals surface area contributed by atoms with Gasteiger partial charge in [0.05, 0.1) is 18.3 Å². The van der Waals surface area contributed by atoms with E-state index in [1.807, 2.05) is 42.7 Å². The Balaban J connectivity index is 1.09. The van der Waals surface area contributed by atoms with Crippen LogP contribution in [0.1, 0.15) is 43.6 Å². The maximum absolute atomic E-state index is 6.07. The van der Waals surface area contributed by atoms with Gasteiger partial charge >= 0.3 is 0 Å². The van der Waals surface area contributed by atoms with Crippen molar-refractivity contribution in [1.29, 1.82) is 0 Å². The van der Waals surface area contributed by atoms with Gasteiger partial charge in [0.15, 0.2) is 0 Å². The first-order valence-electron chi connectivity index (χ1n) is 12.4. The summed E-state index contributed by atoms with van der Waals surface area (Å²) in [6, 6.07) is 12.4. The van der Waals surface area contributed by atoms with Crippen molar-refractivity contribution in [2.45, 2.75) is 44.1 Å². The highest BCUT2D eigenvalue weighted by molar-refractivity contribution is 6.30. The lowest BCUT2D eigenvalue weighted by atomic mass is 9.80. The van der Waals surface area contributed by atoms with Gasteiger partial charge in [-0.3, -0.25) is 9.88 Å². The average Bonchev–Trinajstić information content (AvgIpc) is 3.34. The van der Waals surface area contributed by atoms with Gasteiger partial charge in [-0.1, -0.05) is 17.7 Å². The van der Waals surface area contributed by atoms with Crippen molar-refractivity contribution in [3.05, 3.63) is 72.0 Å². The molecule has 2 fully saturated rings. The molecule has 1 radical (unpaired) electrons. The van der Waals surface area contributed by atoms with Gasteiger partial charge in [-0.2, -0.15) is 0 Å². The van der Waals surface area contributed by atoms with E-state index >= 15 is 0 Å². The number of ether oxygens (including phenoxy) is 1. The predicted molar refractivity (Wildman–Crippen MR) is 137 cm³/mol. The number of benzene rings is 1. The van der Waals surface area contributed by atoms with Crippen LogP contribution in [0.2, 0.25) is 5.02 Å². The Morgan fingerprint density at radius 2 is 2.00 bits per heavy atom. The van der Waals surface area contributed by atoms with Gasteiger partial charge in [-0.25, -0.2) is 4.98 Å². The fraction of sp³-hybridized carbons (Fsp3) is 0.393. The number of hydrogen-bond acceptors (Lipinski definition) is 4. The Hall–Kier alpha value is -2.63. The molecular formula is C28H30ClN4O. The SMILES string of the molecule is Clc1ccc(OCC2CCCN(C3[CH]CC(c4c[nH]c5ncc6ncccc6c45)CC3)C2)cc1. The van der Waals surface area contributed by atoms with Crippen LogP contribution in [0, 0.1) is 12.3 Å². The number of fused-ring (bicyclic) bond motifs is 3. The molecule has 1 saturated heterocycles. The minimum atomic E-state index is 0.534. The van der Waals surface area contributed by atoms with Crippen molar-refractivity contribution in [2.75, 3.05) is 19.7 Å². The summed E-state index contributed by atoms with van der Waals surface area (Å²) in [4.78, 5) is 15.2. The van der Waals surface area contributed by atoms with E-state index in [4.69, 9.17) is 16.3 Å². The minimum Gasteiger partial charge on any atom is -0.493 e. The van der Waals surface area contributed by atoms with Crippen LogP contribution >= 0.6 is 11.6 Å². The number of piperidine rings is 1. The average molecular weight is 474 g/mol. The Labute approximate surface area is 205 Å². The number of nitrogens with one attached hydrogen (secondary N) is 1. The summed E-state index contributed by atoms with van der Waals surface area (Å²) >= 11 is 5.99. The molecule has 34 heavy (non-hydrogen) atoms. The van der Waals surface area contributed by atoms with Crippen LogP contribution < -0.4 is 4.74 Å². The van der Waals surface area contributed by atoms with E-state index in [0.29, 0.717) is 17.9 Å². The van der Waals surface area contributed by atoms with Gasteiger partial charge in [0, 0.05) is 46.7 Å². The fourth-order valence-corrected chi connectivity index (χ4v) is 5.94. The molecule has 5 nitrogen and oxygen atoms in total. The monoisotopic (exact) mass is 473 g/mol. The van der Waals surface area contributed by atoms with Gasteiger partial charge in [0.1, 0.15) is 11.4 Å².